The number of rotatable bonds is 16. The summed E-state index contributed by atoms with van der Waals surface area (Å²) in [5.74, 6) is 0. The first-order valence-electron chi connectivity index (χ1n) is 10.9. The Morgan fingerprint density at radius 2 is 0.759 bits per heavy atom. The zero-order valence-electron chi connectivity index (χ0n) is 19.0. The molecule has 0 aromatic rings. The third kappa shape index (κ3) is 22.4. The molecule has 0 aromatic carbocycles. The maximum Gasteiger partial charge on any atom is 2.00 e. The second-order valence-corrected chi connectivity index (χ2v) is 10.8. The maximum atomic E-state index is 10.9. The summed E-state index contributed by atoms with van der Waals surface area (Å²) in [5, 5.41) is -1.29. The van der Waals surface area contributed by atoms with E-state index in [-0.39, 0.29) is 48.9 Å². The molecule has 2 unspecified atom stereocenters. The van der Waals surface area contributed by atoms with E-state index in [4.69, 9.17) is 0 Å². The molecule has 6 nitrogen and oxygen atoms in total. The first-order valence-corrected chi connectivity index (χ1v) is 13.9. The molecule has 0 heterocycles. The summed E-state index contributed by atoms with van der Waals surface area (Å²) in [6.07, 6.45) is 11.5. The average Bonchev–Trinajstić information content (AvgIpc) is 2.59. The monoisotopic (exact) mass is 580 g/mol. The second-order valence-electron chi connectivity index (χ2n) is 7.51. The summed E-state index contributed by atoms with van der Waals surface area (Å²) in [5.41, 5.74) is 0. The van der Waals surface area contributed by atoms with Gasteiger partial charge >= 0.3 is 48.9 Å². The molecule has 29 heavy (non-hydrogen) atoms. The predicted octanol–water partition coefficient (Wildman–Crippen LogP) is 4.96. The van der Waals surface area contributed by atoms with Crippen LogP contribution in [0.15, 0.2) is 0 Å². The summed E-state index contributed by atoms with van der Waals surface area (Å²) in [4.78, 5) is 0. The third-order valence-corrected chi connectivity index (χ3v) is 7.41. The molecule has 0 spiro atoms. The van der Waals surface area contributed by atoms with Crippen molar-refractivity contribution in [1.29, 1.82) is 0 Å². The second kappa shape index (κ2) is 21.2. The fraction of sp³-hybridized carbons (Fsp3) is 1.00. The summed E-state index contributed by atoms with van der Waals surface area (Å²) in [7, 11) is -8.14. The van der Waals surface area contributed by atoms with Crippen LogP contribution < -0.4 is 0 Å². The fourth-order valence-electron chi connectivity index (χ4n) is 2.97. The molecule has 9 heteroatoms. The zero-order valence-corrected chi connectivity index (χ0v) is 25.1. The van der Waals surface area contributed by atoms with Crippen LogP contribution in [-0.2, 0) is 20.2 Å². The Morgan fingerprint density at radius 1 is 0.517 bits per heavy atom. The Labute approximate surface area is 221 Å². The normalized spacial score (nSPS) is 13.7. The smallest absolute Gasteiger partial charge is 0.748 e. The summed E-state index contributed by atoms with van der Waals surface area (Å²) < 4.78 is 65.3. The molecule has 0 aliphatic carbocycles. The fourth-order valence-corrected chi connectivity index (χ4v) is 4.79. The minimum atomic E-state index is -4.07. The molecule has 0 saturated carbocycles. The van der Waals surface area contributed by atoms with Gasteiger partial charge in [0.2, 0.25) is 0 Å². The van der Waals surface area contributed by atoms with Crippen LogP contribution >= 0.6 is 0 Å². The van der Waals surface area contributed by atoms with E-state index in [0.717, 1.165) is 64.2 Å². The largest absolute Gasteiger partial charge is 2.00 e. The summed E-state index contributed by atoms with van der Waals surface area (Å²) in [6.45, 7) is 8.13. The molecule has 2 atom stereocenters. The maximum absolute atomic E-state index is 10.9. The van der Waals surface area contributed by atoms with Gasteiger partial charge in [-0.2, -0.15) is 0 Å². The average molecular weight is 580 g/mol. The van der Waals surface area contributed by atoms with E-state index in [1.165, 1.54) is 0 Å². The van der Waals surface area contributed by atoms with E-state index >= 15 is 0 Å². The molecule has 0 saturated heterocycles. The molecule has 0 N–H and O–H groups in total. The molecule has 0 fully saturated rings. The van der Waals surface area contributed by atoms with Gasteiger partial charge in [-0.05, 0) is 25.7 Å². The Kier molecular flexibility index (Phi) is 25.6. The van der Waals surface area contributed by atoms with Gasteiger partial charge in [-0.25, -0.2) is 16.8 Å². The van der Waals surface area contributed by atoms with E-state index < -0.39 is 30.7 Å². The molecule has 0 aliphatic rings. The Bertz CT molecular complexity index is 499. The van der Waals surface area contributed by atoms with Crippen LogP contribution in [0.3, 0.4) is 0 Å². The van der Waals surface area contributed by atoms with Crippen LogP contribution in [0, 0.1) is 0 Å². The van der Waals surface area contributed by atoms with Crippen LogP contribution in [0.5, 0.6) is 0 Å². The van der Waals surface area contributed by atoms with Gasteiger partial charge in [0.1, 0.15) is 0 Å². The number of hydrogen-bond donors (Lipinski definition) is 0. The molecule has 0 rings (SSSR count). The Morgan fingerprint density at radius 3 is 0.966 bits per heavy atom. The topological polar surface area (TPSA) is 114 Å². The molecule has 0 radical (unpaired) electrons. The van der Waals surface area contributed by atoms with Gasteiger partial charge in [0.25, 0.3) is 0 Å². The van der Waals surface area contributed by atoms with Crippen LogP contribution in [-0.4, -0.2) is 85.3 Å². The van der Waals surface area contributed by atoms with Crippen molar-refractivity contribution < 1.29 is 25.9 Å². The quantitative estimate of drug-likeness (QED) is 0.145. The van der Waals surface area contributed by atoms with Crippen molar-refractivity contribution in [1.82, 2.24) is 0 Å². The van der Waals surface area contributed by atoms with E-state index in [2.05, 4.69) is 13.8 Å². The van der Waals surface area contributed by atoms with Crippen molar-refractivity contribution in [3.05, 3.63) is 0 Å². The van der Waals surface area contributed by atoms with Gasteiger partial charge in [-0.15, -0.1) is 0 Å². The van der Waals surface area contributed by atoms with E-state index in [0.29, 0.717) is 25.7 Å². The van der Waals surface area contributed by atoms with Crippen molar-refractivity contribution in [2.45, 2.75) is 128 Å². The SMILES string of the molecule is CCCCCC(CCCC)S(=O)(=O)[O-].CCCCCC(CCCC)S(=O)(=O)[O-].[Ba+2]. The summed E-state index contributed by atoms with van der Waals surface area (Å²) >= 11 is 0. The van der Waals surface area contributed by atoms with Crippen LogP contribution in [0.4, 0.5) is 0 Å². The molecule has 0 aromatic heterocycles. The van der Waals surface area contributed by atoms with Gasteiger partial charge in [-0.3, -0.25) is 0 Å². The first-order chi connectivity index (χ1) is 13.0. The van der Waals surface area contributed by atoms with E-state index in [1.54, 1.807) is 0 Å². The molecule has 0 aliphatic heterocycles. The number of hydrogen-bond acceptors (Lipinski definition) is 6. The minimum absolute atomic E-state index is 0. The zero-order chi connectivity index (χ0) is 22.1. The first kappa shape index (κ1) is 35.0. The number of unbranched alkanes of at least 4 members (excludes halogenated alkanes) is 6. The van der Waals surface area contributed by atoms with Crippen molar-refractivity contribution >= 4 is 69.1 Å². The van der Waals surface area contributed by atoms with Gasteiger partial charge < -0.3 is 9.11 Å². The van der Waals surface area contributed by atoms with Crippen LogP contribution in [0.1, 0.15) is 118 Å². The predicted molar refractivity (Wildman–Crippen MR) is 120 cm³/mol. The van der Waals surface area contributed by atoms with Crippen molar-refractivity contribution in [2.75, 3.05) is 0 Å². The van der Waals surface area contributed by atoms with Crippen molar-refractivity contribution in [2.24, 2.45) is 0 Å². The van der Waals surface area contributed by atoms with Crippen molar-refractivity contribution in [3.8, 4) is 0 Å². The summed E-state index contributed by atoms with van der Waals surface area (Å²) in [6, 6.07) is 0. The minimum Gasteiger partial charge on any atom is -0.748 e. The third-order valence-electron chi connectivity index (χ3n) is 4.84. The Balaban J connectivity index is -0.000000451. The standard InChI is InChI=1S/2C10H22O3S.Ba/c2*1-3-5-7-9-10(8-6-4-2)14(11,12)13;/h2*10H,3-9H2,1-2H3,(H,11,12,13);/q;;+2/p-2. The van der Waals surface area contributed by atoms with Gasteiger partial charge in [0.05, 0.1) is 20.2 Å². The van der Waals surface area contributed by atoms with Crippen LogP contribution in [0.25, 0.3) is 0 Å². The molecule has 172 valence electrons. The molecular formula is C20H42BaO6S2. The van der Waals surface area contributed by atoms with E-state index in [9.17, 15) is 25.9 Å². The van der Waals surface area contributed by atoms with Crippen molar-refractivity contribution in [3.63, 3.8) is 0 Å². The molecule has 0 bridgehead atoms. The van der Waals surface area contributed by atoms with Gasteiger partial charge in [0.15, 0.2) is 0 Å². The van der Waals surface area contributed by atoms with Gasteiger partial charge in [-0.1, -0.05) is 91.9 Å². The molecular weight excluding hydrogens is 538 g/mol. The Hall–Kier alpha value is 1.39. The molecule has 0 amide bonds. The van der Waals surface area contributed by atoms with Gasteiger partial charge in [0, 0.05) is 10.5 Å². The van der Waals surface area contributed by atoms with Crippen LogP contribution in [0.2, 0.25) is 0 Å². The van der Waals surface area contributed by atoms with E-state index in [1.807, 2.05) is 13.8 Å².